The predicted octanol–water partition coefficient (Wildman–Crippen LogP) is 0.919. The molecular weight excluding hydrogens is 194 g/mol. The smallest absolute Gasteiger partial charge is 0.246 e. The Bertz CT molecular complexity index is 236. The molecule has 0 aliphatic carbocycles. The summed E-state index contributed by atoms with van der Waals surface area (Å²) in [6.45, 7) is 9.00. The number of ether oxygens (including phenoxy) is 1. The highest BCUT2D eigenvalue weighted by molar-refractivity contribution is 5.88. The summed E-state index contributed by atoms with van der Waals surface area (Å²) in [5.41, 5.74) is 0. The zero-order chi connectivity index (χ0) is 11.8. The molecule has 86 valence electrons. The van der Waals surface area contributed by atoms with E-state index < -0.39 is 6.04 Å². The average Bonchev–Trinajstić information content (AvgIpc) is 2.13. The Morgan fingerprint density at radius 2 is 2.07 bits per heavy atom. The molecule has 0 saturated carbocycles. The molecule has 0 aliphatic heterocycles. The van der Waals surface area contributed by atoms with E-state index in [9.17, 15) is 9.59 Å². The summed E-state index contributed by atoms with van der Waals surface area (Å²) in [6.07, 6.45) is 1.57. The Hall–Kier alpha value is -1.16. The van der Waals surface area contributed by atoms with Crippen LogP contribution in [0.5, 0.6) is 0 Å². The van der Waals surface area contributed by atoms with E-state index in [0.717, 1.165) is 0 Å². The number of carbonyl (C=O) groups excluding carboxylic acids is 2. The van der Waals surface area contributed by atoms with Gasteiger partial charge in [-0.05, 0) is 12.8 Å². The van der Waals surface area contributed by atoms with Gasteiger partial charge in [0.25, 0.3) is 0 Å². The molecule has 0 spiro atoms. The first-order valence-corrected chi connectivity index (χ1v) is 4.97. The molecule has 4 heteroatoms. The van der Waals surface area contributed by atoms with Crippen molar-refractivity contribution >= 4 is 11.7 Å². The Morgan fingerprint density at radius 1 is 1.47 bits per heavy atom. The summed E-state index contributed by atoms with van der Waals surface area (Å²) < 4.78 is 4.96. The lowest BCUT2D eigenvalue weighted by molar-refractivity contribution is -0.130. The van der Waals surface area contributed by atoms with E-state index in [0.29, 0.717) is 6.61 Å². The van der Waals surface area contributed by atoms with Crippen molar-refractivity contribution in [3.63, 3.8) is 0 Å². The number of Topliss-reactive ketones (excluding diaryl/α,β-unsaturated/α-hetero) is 1. The van der Waals surface area contributed by atoms with Gasteiger partial charge in [0.05, 0.1) is 12.6 Å². The minimum Gasteiger partial charge on any atom is -0.368 e. The van der Waals surface area contributed by atoms with Crippen LogP contribution in [0.4, 0.5) is 0 Å². The van der Waals surface area contributed by atoms with Gasteiger partial charge in [-0.25, -0.2) is 0 Å². The van der Waals surface area contributed by atoms with Gasteiger partial charge in [0.1, 0.15) is 6.61 Å². The van der Waals surface area contributed by atoms with Crippen LogP contribution in [0, 0.1) is 5.92 Å². The molecule has 0 heterocycles. The molecule has 0 aromatic heterocycles. The number of ketones is 1. The SMILES string of the molecule is C=CCOCC(=O)NC(C(C)=O)C(C)C. The molecule has 1 N–H and O–H groups in total. The third-order valence-electron chi connectivity index (χ3n) is 1.89. The van der Waals surface area contributed by atoms with Gasteiger partial charge in [-0.1, -0.05) is 19.9 Å². The third-order valence-corrected chi connectivity index (χ3v) is 1.89. The molecule has 0 aliphatic rings. The van der Waals surface area contributed by atoms with E-state index in [1.54, 1.807) is 6.08 Å². The molecule has 1 atom stereocenters. The van der Waals surface area contributed by atoms with E-state index >= 15 is 0 Å². The zero-order valence-corrected chi connectivity index (χ0v) is 9.58. The van der Waals surface area contributed by atoms with Crippen LogP contribution in [0.25, 0.3) is 0 Å². The Balaban J connectivity index is 4.00. The fourth-order valence-electron chi connectivity index (χ4n) is 1.19. The Labute approximate surface area is 90.7 Å². The van der Waals surface area contributed by atoms with Crippen LogP contribution in [-0.4, -0.2) is 30.9 Å². The van der Waals surface area contributed by atoms with Crippen molar-refractivity contribution < 1.29 is 14.3 Å². The van der Waals surface area contributed by atoms with Gasteiger partial charge in [0.2, 0.25) is 5.91 Å². The number of nitrogens with one attached hydrogen (secondary N) is 1. The van der Waals surface area contributed by atoms with Crippen LogP contribution < -0.4 is 5.32 Å². The molecule has 0 radical (unpaired) electrons. The van der Waals surface area contributed by atoms with Crippen LogP contribution in [0.1, 0.15) is 20.8 Å². The zero-order valence-electron chi connectivity index (χ0n) is 9.58. The first-order chi connectivity index (χ1) is 6.99. The van der Waals surface area contributed by atoms with Gasteiger partial charge in [0.15, 0.2) is 5.78 Å². The van der Waals surface area contributed by atoms with Gasteiger partial charge in [-0.15, -0.1) is 6.58 Å². The Morgan fingerprint density at radius 3 is 2.47 bits per heavy atom. The van der Waals surface area contributed by atoms with Crippen molar-refractivity contribution in [3.8, 4) is 0 Å². The highest BCUT2D eigenvalue weighted by Crippen LogP contribution is 2.02. The number of hydrogen-bond donors (Lipinski definition) is 1. The van der Waals surface area contributed by atoms with Crippen molar-refractivity contribution in [3.05, 3.63) is 12.7 Å². The summed E-state index contributed by atoms with van der Waals surface area (Å²) in [7, 11) is 0. The normalized spacial score (nSPS) is 12.3. The second-order valence-corrected chi connectivity index (χ2v) is 3.70. The fourth-order valence-corrected chi connectivity index (χ4v) is 1.19. The molecule has 0 aromatic rings. The van der Waals surface area contributed by atoms with Crippen LogP contribution in [0.15, 0.2) is 12.7 Å². The lowest BCUT2D eigenvalue weighted by Gasteiger charge is -2.19. The van der Waals surface area contributed by atoms with E-state index in [1.807, 2.05) is 13.8 Å². The number of amides is 1. The molecule has 4 nitrogen and oxygen atoms in total. The van der Waals surface area contributed by atoms with Crippen LogP contribution in [0.2, 0.25) is 0 Å². The Kier molecular flexibility index (Phi) is 6.62. The first-order valence-electron chi connectivity index (χ1n) is 4.97. The largest absolute Gasteiger partial charge is 0.368 e. The maximum absolute atomic E-state index is 11.3. The third kappa shape index (κ3) is 6.01. The molecule has 0 rings (SSSR count). The van der Waals surface area contributed by atoms with Gasteiger partial charge < -0.3 is 10.1 Å². The fraction of sp³-hybridized carbons (Fsp3) is 0.636. The van der Waals surface area contributed by atoms with Crippen molar-refractivity contribution in [2.45, 2.75) is 26.8 Å². The van der Waals surface area contributed by atoms with Crippen molar-refractivity contribution in [1.82, 2.24) is 5.32 Å². The van der Waals surface area contributed by atoms with Crippen LogP contribution >= 0.6 is 0 Å². The predicted molar refractivity (Wildman–Crippen MR) is 58.5 cm³/mol. The topological polar surface area (TPSA) is 55.4 Å². The molecule has 1 amide bonds. The molecule has 0 saturated heterocycles. The number of carbonyl (C=O) groups is 2. The molecule has 1 unspecified atom stereocenters. The van der Waals surface area contributed by atoms with E-state index in [4.69, 9.17) is 4.74 Å². The second kappa shape index (κ2) is 7.17. The van der Waals surface area contributed by atoms with Crippen molar-refractivity contribution in [2.24, 2.45) is 5.92 Å². The number of hydrogen-bond acceptors (Lipinski definition) is 3. The molecule has 0 bridgehead atoms. The minimum absolute atomic E-state index is 0.0392. The highest BCUT2D eigenvalue weighted by atomic mass is 16.5. The van der Waals surface area contributed by atoms with E-state index in [1.165, 1.54) is 6.92 Å². The van der Waals surface area contributed by atoms with Crippen LogP contribution in [-0.2, 0) is 14.3 Å². The summed E-state index contributed by atoms with van der Waals surface area (Å²) in [5.74, 6) is -0.223. The standard InChI is InChI=1S/C11H19NO3/c1-5-6-15-7-10(14)12-11(8(2)3)9(4)13/h5,8,11H,1,6-7H2,2-4H3,(H,12,14). The summed E-state index contributed by atoms with van der Waals surface area (Å²) in [4.78, 5) is 22.5. The van der Waals surface area contributed by atoms with E-state index in [-0.39, 0.29) is 24.2 Å². The number of rotatable bonds is 7. The molecule has 0 aromatic carbocycles. The maximum atomic E-state index is 11.3. The monoisotopic (exact) mass is 213 g/mol. The van der Waals surface area contributed by atoms with Crippen molar-refractivity contribution in [1.29, 1.82) is 0 Å². The summed E-state index contributed by atoms with van der Waals surface area (Å²) in [6, 6.07) is -0.426. The maximum Gasteiger partial charge on any atom is 0.246 e. The minimum atomic E-state index is -0.426. The van der Waals surface area contributed by atoms with Gasteiger partial charge in [0, 0.05) is 0 Å². The van der Waals surface area contributed by atoms with E-state index in [2.05, 4.69) is 11.9 Å². The summed E-state index contributed by atoms with van der Waals surface area (Å²) >= 11 is 0. The quantitative estimate of drug-likeness (QED) is 0.505. The van der Waals surface area contributed by atoms with Crippen LogP contribution in [0.3, 0.4) is 0 Å². The average molecular weight is 213 g/mol. The second-order valence-electron chi connectivity index (χ2n) is 3.70. The highest BCUT2D eigenvalue weighted by Gasteiger charge is 2.20. The molecular formula is C11H19NO3. The van der Waals surface area contributed by atoms with Crippen molar-refractivity contribution in [2.75, 3.05) is 13.2 Å². The van der Waals surface area contributed by atoms with Gasteiger partial charge in [-0.3, -0.25) is 9.59 Å². The van der Waals surface area contributed by atoms with Gasteiger partial charge >= 0.3 is 0 Å². The lowest BCUT2D eigenvalue weighted by atomic mass is 10.0. The summed E-state index contributed by atoms with van der Waals surface area (Å²) in [5, 5.41) is 2.63. The van der Waals surface area contributed by atoms with Gasteiger partial charge in [-0.2, -0.15) is 0 Å². The first kappa shape index (κ1) is 13.8. The molecule has 0 fully saturated rings. The lowest BCUT2D eigenvalue weighted by Crippen LogP contribution is -2.44. The molecule has 15 heavy (non-hydrogen) atoms.